The predicted molar refractivity (Wildman–Crippen MR) is 111 cm³/mol. The normalized spacial score (nSPS) is 16.6. The van der Waals surface area contributed by atoms with Crippen LogP contribution in [0.25, 0.3) is 0 Å². The molecule has 0 bridgehead atoms. The van der Waals surface area contributed by atoms with Gasteiger partial charge in [0.2, 0.25) is 0 Å². The summed E-state index contributed by atoms with van der Waals surface area (Å²) in [5.41, 5.74) is 2.90. The minimum Gasteiger partial charge on any atom is -0.493 e. The Morgan fingerprint density at radius 2 is 2.10 bits per heavy atom. The number of piperidine rings is 1. The highest BCUT2D eigenvalue weighted by Gasteiger charge is 2.25. The van der Waals surface area contributed by atoms with Crippen LogP contribution in [-0.2, 0) is 6.54 Å². The highest BCUT2D eigenvalue weighted by molar-refractivity contribution is 5.94. The standard InChI is InChI=1S/C23H26N4O2/c1-18-6-2-3-10-22(18)29-15-20-8-5-11-26(13-20)23(28)21-9-4-7-19(12-21)14-27-17-24-16-25-27/h2-4,6-7,9-10,12,16-17,20H,5,8,11,13-15H2,1H3. The molecule has 0 aliphatic carbocycles. The smallest absolute Gasteiger partial charge is 0.253 e. The van der Waals surface area contributed by atoms with Crippen molar-refractivity contribution >= 4 is 5.91 Å². The van der Waals surface area contributed by atoms with Crippen LogP contribution in [0.4, 0.5) is 0 Å². The summed E-state index contributed by atoms with van der Waals surface area (Å²) < 4.78 is 7.79. The van der Waals surface area contributed by atoms with Gasteiger partial charge in [0.05, 0.1) is 13.2 Å². The molecule has 1 saturated heterocycles. The summed E-state index contributed by atoms with van der Waals surface area (Å²) in [4.78, 5) is 19.0. The summed E-state index contributed by atoms with van der Waals surface area (Å²) in [6.07, 6.45) is 5.29. The second-order valence-electron chi connectivity index (χ2n) is 7.63. The number of hydrogen-bond donors (Lipinski definition) is 0. The van der Waals surface area contributed by atoms with E-state index in [1.165, 1.54) is 6.33 Å². The van der Waals surface area contributed by atoms with Crippen molar-refractivity contribution in [1.82, 2.24) is 19.7 Å². The molecule has 3 aromatic rings. The lowest BCUT2D eigenvalue weighted by Crippen LogP contribution is -2.41. The van der Waals surface area contributed by atoms with Gasteiger partial charge in [0.15, 0.2) is 0 Å². The van der Waals surface area contributed by atoms with E-state index in [4.69, 9.17) is 4.74 Å². The van der Waals surface area contributed by atoms with E-state index in [2.05, 4.69) is 23.1 Å². The number of benzene rings is 2. The van der Waals surface area contributed by atoms with Gasteiger partial charge in [-0.1, -0.05) is 30.3 Å². The maximum absolute atomic E-state index is 13.1. The molecule has 1 amide bonds. The summed E-state index contributed by atoms with van der Waals surface area (Å²) in [6, 6.07) is 15.8. The van der Waals surface area contributed by atoms with Crippen molar-refractivity contribution in [2.75, 3.05) is 19.7 Å². The molecule has 6 nitrogen and oxygen atoms in total. The Labute approximate surface area is 171 Å². The highest BCUT2D eigenvalue weighted by atomic mass is 16.5. The average Bonchev–Trinajstić information content (AvgIpc) is 3.26. The van der Waals surface area contributed by atoms with Crippen molar-refractivity contribution in [2.45, 2.75) is 26.3 Å². The van der Waals surface area contributed by atoms with Crippen LogP contribution in [0.5, 0.6) is 5.75 Å². The number of aromatic nitrogens is 3. The van der Waals surface area contributed by atoms with Gasteiger partial charge in [0.1, 0.15) is 18.4 Å². The summed E-state index contributed by atoms with van der Waals surface area (Å²) in [5, 5.41) is 4.13. The van der Waals surface area contributed by atoms with Crippen molar-refractivity contribution in [3.05, 3.63) is 77.9 Å². The molecular formula is C23H26N4O2. The van der Waals surface area contributed by atoms with Crippen LogP contribution in [0.1, 0.15) is 34.3 Å². The van der Waals surface area contributed by atoms with E-state index in [-0.39, 0.29) is 5.91 Å². The molecule has 0 saturated carbocycles. The van der Waals surface area contributed by atoms with Gasteiger partial charge in [-0.2, -0.15) is 5.10 Å². The number of carbonyl (C=O) groups is 1. The lowest BCUT2D eigenvalue weighted by Gasteiger charge is -2.33. The van der Waals surface area contributed by atoms with Crippen LogP contribution in [0, 0.1) is 12.8 Å². The number of amides is 1. The Balaban J connectivity index is 1.38. The maximum Gasteiger partial charge on any atom is 0.253 e. The molecule has 0 spiro atoms. The molecule has 1 atom stereocenters. The van der Waals surface area contributed by atoms with Crippen molar-refractivity contribution in [3.8, 4) is 5.75 Å². The Hall–Kier alpha value is -3.15. The Kier molecular flexibility index (Phi) is 5.89. The molecule has 0 radical (unpaired) electrons. The topological polar surface area (TPSA) is 60.2 Å². The lowest BCUT2D eigenvalue weighted by molar-refractivity contribution is 0.0633. The molecule has 29 heavy (non-hydrogen) atoms. The first kappa shape index (κ1) is 19.2. The van der Waals surface area contributed by atoms with Crippen LogP contribution in [0.2, 0.25) is 0 Å². The summed E-state index contributed by atoms with van der Waals surface area (Å²) in [6.45, 7) is 4.83. The maximum atomic E-state index is 13.1. The molecule has 1 unspecified atom stereocenters. The first-order valence-electron chi connectivity index (χ1n) is 10.1. The number of likely N-dealkylation sites (tertiary alicyclic amines) is 1. The first-order valence-corrected chi connectivity index (χ1v) is 10.1. The van der Waals surface area contributed by atoms with Crippen LogP contribution in [0.3, 0.4) is 0 Å². The fourth-order valence-electron chi connectivity index (χ4n) is 3.80. The Morgan fingerprint density at radius 3 is 2.93 bits per heavy atom. The summed E-state index contributed by atoms with van der Waals surface area (Å²) in [5.74, 6) is 1.37. The zero-order valence-electron chi connectivity index (χ0n) is 16.7. The minimum atomic E-state index is 0.0889. The number of rotatable bonds is 6. The SMILES string of the molecule is Cc1ccccc1OCC1CCCN(C(=O)c2cccc(Cn3cncn3)c2)C1. The molecule has 4 rings (SSSR count). The number of hydrogen-bond acceptors (Lipinski definition) is 4. The third-order valence-corrected chi connectivity index (χ3v) is 5.36. The van der Waals surface area contributed by atoms with Crippen molar-refractivity contribution < 1.29 is 9.53 Å². The molecule has 2 aromatic carbocycles. The van der Waals surface area contributed by atoms with Crippen LogP contribution in [0.15, 0.2) is 61.2 Å². The molecule has 0 N–H and O–H groups in total. The number of nitrogens with zero attached hydrogens (tertiary/aromatic N) is 4. The van der Waals surface area contributed by atoms with Gasteiger partial charge in [-0.05, 0) is 49.1 Å². The van der Waals surface area contributed by atoms with Gasteiger partial charge in [-0.15, -0.1) is 0 Å². The van der Waals surface area contributed by atoms with Crippen molar-refractivity contribution in [2.24, 2.45) is 5.92 Å². The second kappa shape index (κ2) is 8.90. The lowest BCUT2D eigenvalue weighted by atomic mass is 9.98. The number of para-hydroxylation sites is 1. The molecule has 1 aliphatic heterocycles. The zero-order chi connectivity index (χ0) is 20.1. The Bertz CT molecular complexity index is 955. The summed E-state index contributed by atoms with van der Waals surface area (Å²) >= 11 is 0. The fourth-order valence-corrected chi connectivity index (χ4v) is 3.80. The van der Waals surface area contributed by atoms with Crippen LogP contribution < -0.4 is 4.74 Å². The molecule has 1 aliphatic rings. The minimum absolute atomic E-state index is 0.0889. The third kappa shape index (κ3) is 4.83. The zero-order valence-corrected chi connectivity index (χ0v) is 16.7. The number of carbonyl (C=O) groups excluding carboxylic acids is 1. The van der Waals surface area contributed by atoms with Gasteiger partial charge in [-0.3, -0.25) is 4.79 Å². The largest absolute Gasteiger partial charge is 0.493 e. The monoisotopic (exact) mass is 390 g/mol. The van der Waals surface area contributed by atoms with Crippen molar-refractivity contribution in [3.63, 3.8) is 0 Å². The van der Waals surface area contributed by atoms with E-state index in [1.807, 2.05) is 47.4 Å². The highest BCUT2D eigenvalue weighted by Crippen LogP contribution is 2.22. The first-order chi connectivity index (χ1) is 14.2. The third-order valence-electron chi connectivity index (χ3n) is 5.36. The Morgan fingerprint density at radius 1 is 1.21 bits per heavy atom. The van der Waals surface area contributed by atoms with E-state index in [1.54, 1.807) is 11.0 Å². The number of ether oxygens (including phenoxy) is 1. The van der Waals surface area contributed by atoms with Gasteiger partial charge in [-0.25, -0.2) is 9.67 Å². The number of aryl methyl sites for hydroxylation is 1. The summed E-state index contributed by atoms with van der Waals surface area (Å²) in [7, 11) is 0. The molecule has 2 heterocycles. The molecule has 150 valence electrons. The van der Waals surface area contributed by atoms with E-state index >= 15 is 0 Å². The molecule has 1 aromatic heterocycles. The van der Waals surface area contributed by atoms with Gasteiger partial charge < -0.3 is 9.64 Å². The average molecular weight is 390 g/mol. The van der Waals surface area contributed by atoms with E-state index in [9.17, 15) is 4.79 Å². The van der Waals surface area contributed by atoms with Gasteiger partial charge in [0, 0.05) is 24.6 Å². The van der Waals surface area contributed by atoms with E-state index < -0.39 is 0 Å². The van der Waals surface area contributed by atoms with Gasteiger partial charge in [0.25, 0.3) is 5.91 Å². The fraction of sp³-hybridized carbons (Fsp3) is 0.348. The van der Waals surface area contributed by atoms with Gasteiger partial charge >= 0.3 is 0 Å². The second-order valence-corrected chi connectivity index (χ2v) is 7.63. The quantitative estimate of drug-likeness (QED) is 0.646. The molecular weight excluding hydrogens is 364 g/mol. The molecule has 1 fully saturated rings. The van der Waals surface area contributed by atoms with E-state index in [0.29, 0.717) is 19.1 Å². The van der Waals surface area contributed by atoms with Crippen molar-refractivity contribution in [1.29, 1.82) is 0 Å². The van der Waals surface area contributed by atoms with Crippen LogP contribution >= 0.6 is 0 Å². The molecule has 6 heteroatoms. The van der Waals surface area contributed by atoms with Crippen LogP contribution in [-0.4, -0.2) is 45.3 Å². The van der Waals surface area contributed by atoms with E-state index in [0.717, 1.165) is 48.4 Å². The predicted octanol–water partition coefficient (Wildman–Crippen LogP) is 3.57.